The lowest BCUT2D eigenvalue weighted by molar-refractivity contribution is 0.483. The van der Waals surface area contributed by atoms with E-state index in [2.05, 4.69) is 29.6 Å². The second-order valence-electron chi connectivity index (χ2n) is 4.77. The molecule has 0 bridgehead atoms. The van der Waals surface area contributed by atoms with Gasteiger partial charge in [0.1, 0.15) is 5.75 Å². The second kappa shape index (κ2) is 5.19. The Hall–Kier alpha value is -2.39. The SMILES string of the molecule is c1ccc(Oc2cccc3c2Nc2ccccc2S3)cc1. The molecule has 2 nitrogen and oxygen atoms in total. The average molecular weight is 291 g/mol. The molecule has 0 unspecified atom stereocenters. The van der Waals surface area contributed by atoms with Crippen LogP contribution in [0.15, 0.2) is 82.6 Å². The van der Waals surface area contributed by atoms with Gasteiger partial charge < -0.3 is 10.1 Å². The van der Waals surface area contributed by atoms with Crippen molar-refractivity contribution in [1.29, 1.82) is 0 Å². The number of hydrogen-bond donors (Lipinski definition) is 1. The highest BCUT2D eigenvalue weighted by atomic mass is 32.2. The third kappa shape index (κ3) is 2.36. The molecule has 1 aliphatic rings. The Bertz CT molecular complexity index is 786. The van der Waals surface area contributed by atoms with E-state index in [-0.39, 0.29) is 0 Å². The molecule has 21 heavy (non-hydrogen) atoms. The largest absolute Gasteiger partial charge is 0.455 e. The molecule has 0 atom stereocenters. The van der Waals surface area contributed by atoms with Crippen molar-refractivity contribution >= 4 is 23.1 Å². The van der Waals surface area contributed by atoms with Crippen LogP contribution in [0.3, 0.4) is 0 Å². The fourth-order valence-electron chi connectivity index (χ4n) is 2.33. The van der Waals surface area contributed by atoms with Gasteiger partial charge in [-0.15, -0.1) is 0 Å². The lowest BCUT2D eigenvalue weighted by Crippen LogP contribution is -2.01. The van der Waals surface area contributed by atoms with Gasteiger partial charge in [-0.25, -0.2) is 0 Å². The van der Waals surface area contributed by atoms with E-state index in [0.29, 0.717) is 0 Å². The van der Waals surface area contributed by atoms with Gasteiger partial charge in [-0.1, -0.05) is 48.2 Å². The zero-order valence-electron chi connectivity index (χ0n) is 11.2. The number of nitrogens with one attached hydrogen (secondary N) is 1. The molecule has 4 rings (SSSR count). The monoisotopic (exact) mass is 291 g/mol. The van der Waals surface area contributed by atoms with E-state index in [9.17, 15) is 0 Å². The molecule has 0 radical (unpaired) electrons. The number of benzene rings is 3. The normalized spacial score (nSPS) is 12.0. The van der Waals surface area contributed by atoms with Gasteiger partial charge in [0.25, 0.3) is 0 Å². The standard InChI is InChI=1S/C18H13NOS/c1-2-7-13(8-3-1)20-15-10-6-12-17-18(15)19-14-9-4-5-11-16(14)21-17/h1-12,19H. The van der Waals surface area contributed by atoms with E-state index in [1.807, 2.05) is 48.5 Å². The van der Waals surface area contributed by atoms with Crippen molar-refractivity contribution in [2.45, 2.75) is 9.79 Å². The number of para-hydroxylation sites is 3. The molecule has 3 aromatic carbocycles. The lowest BCUT2D eigenvalue weighted by Gasteiger charge is -2.22. The highest BCUT2D eigenvalue weighted by Crippen LogP contribution is 2.48. The first-order valence-corrected chi connectivity index (χ1v) is 7.62. The summed E-state index contributed by atoms with van der Waals surface area (Å²) >= 11 is 1.76. The van der Waals surface area contributed by atoms with Crippen molar-refractivity contribution in [1.82, 2.24) is 0 Å². The number of ether oxygens (including phenoxy) is 1. The molecule has 0 aliphatic carbocycles. The molecular formula is C18H13NOS. The van der Waals surface area contributed by atoms with Gasteiger partial charge in [0.15, 0.2) is 5.75 Å². The van der Waals surface area contributed by atoms with E-state index in [4.69, 9.17) is 4.74 Å². The highest BCUT2D eigenvalue weighted by Gasteiger charge is 2.18. The summed E-state index contributed by atoms with van der Waals surface area (Å²) in [5.41, 5.74) is 2.16. The van der Waals surface area contributed by atoms with Gasteiger partial charge in [-0.3, -0.25) is 0 Å². The predicted octanol–water partition coefficient (Wildman–Crippen LogP) is 5.69. The van der Waals surface area contributed by atoms with Gasteiger partial charge in [0.2, 0.25) is 0 Å². The molecule has 1 N–H and O–H groups in total. The molecule has 0 saturated heterocycles. The number of rotatable bonds is 2. The van der Waals surface area contributed by atoms with Crippen molar-refractivity contribution < 1.29 is 4.74 Å². The lowest BCUT2D eigenvalue weighted by atomic mass is 10.2. The Morgan fingerprint density at radius 1 is 0.714 bits per heavy atom. The molecule has 3 aromatic rings. The minimum absolute atomic E-state index is 0.844. The molecule has 0 spiro atoms. The molecule has 0 saturated carbocycles. The summed E-state index contributed by atoms with van der Waals surface area (Å²) in [5, 5.41) is 3.48. The molecule has 0 fully saturated rings. The highest BCUT2D eigenvalue weighted by molar-refractivity contribution is 7.99. The van der Waals surface area contributed by atoms with Gasteiger partial charge in [-0.05, 0) is 36.4 Å². The number of fused-ring (bicyclic) bond motifs is 2. The summed E-state index contributed by atoms with van der Waals surface area (Å²) in [4.78, 5) is 2.42. The van der Waals surface area contributed by atoms with Crippen molar-refractivity contribution in [3.8, 4) is 11.5 Å². The minimum Gasteiger partial charge on any atom is -0.455 e. The maximum absolute atomic E-state index is 6.02. The number of anilines is 2. The van der Waals surface area contributed by atoms with Crippen molar-refractivity contribution in [2.75, 3.05) is 5.32 Å². The molecule has 0 amide bonds. The zero-order chi connectivity index (χ0) is 14.1. The first-order chi connectivity index (χ1) is 10.4. The Morgan fingerprint density at radius 3 is 2.38 bits per heavy atom. The van der Waals surface area contributed by atoms with Crippen molar-refractivity contribution in [3.63, 3.8) is 0 Å². The molecule has 102 valence electrons. The summed E-state index contributed by atoms with van der Waals surface area (Å²) in [7, 11) is 0. The van der Waals surface area contributed by atoms with Crippen LogP contribution in [0.25, 0.3) is 0 Å². The quantitative estimate of drug-likeness (QED) is 0.513. The van der Waals surface area contributed by atoms with Crippen LogP contribution in [0.1, 0.15) is 0 Å². The zero-order valence-corrected chi connectivity index (χ0v) is 12.1. The smallest absolute Gasteiger partial charge is 0.152 e. The van der Waals surface area contributed by atoms with Crippen LogP contribution in [-0.2, 0) is 0 Å². The van der Waals surface area contributed by atoms with Gasteiger partial charge in [0.05, 0.1) is 11.4 Å². The topological polar surface area (TPSA) is 21.3 Å². The first-order valence-electron chi connectivity index (χ1n) is 6.80. The van der Waals surface area contributed by atoms with Crippen LogP contribution >= 0.6 is 11.8 Å². The van der Waals surface area contributed by atoms with Gasteiger partial charge >= 0.3 is 0 Å². The van der Waals surface area contributed by atoms with Gasteiger partial charge in [-0.2, -0.15) is 0 Å². The van der Waals surface area contributed by atoms with E-state index < -0.39 is 0 Å². The Morgan fingerprint density at radius 2 is 1.48 bits per heavy atom. The summed E-state index contributed by atoms with van der Waals surface area (Å²) in [6.07, 6.45) is 0. The van der Waals surface area contributed by atoms with E-state index in [0.717, 1.165) is 22.9 Å². The summed E-state index contributed by atoms with van der Waals surface area (Å²) in [6, 6.07) is 24.3. The fourth-order valence-corrected chi connectivity index (χ4v) is 3.34. The Kier molecular flexibility index (Phi) is 3.05. The second-order valence-corrected chi connectivity index (χ2v) is 5.85. The summed E-state index contributed by atoms with van der Waals surface area (Å²) in [6.45, 7) is 0. The predicted molar refractivity (Wildman–Crippen MR) is 86.8 cm³/mol. The molecule has 1 heterocycles. The van der Waals surface area contributed by atoms with Crippen LogP contribution in [0.2, 0.25) is 0 Å². The van der Waals surface area contributed by atoms with Crippen LogP contribution < -0.4 is 10.1 Å². The van der Waals surface area contributed by atoms with E-state index in [1.165, 1.54) is 9.79 Å². The van der Waals surface area contributed by atoms with Crippen LogP contribution in [0.5, 0.6) is 11.5 Å². The van der Waals surface area contributed by atoms with E-state index in [1.54, 1.807) is 11.8 Å². The summed E-state index contributed by atoms with van der Waals surface area (Å²) in [5.74, 6) is 1.69. The van der Waals surface area contributed by atoms with Crippen LogP contribution in [0, 0.1) is 0 Å². The van der Waals surface area contributed by atoms with Crippen LogP contribution in [-0.4, -0.2) is 0 Å². The van der Waals surface area contributed by atoms with E-state index >= 15 is 0 Å². The van der Waals surface area contributed by atoms with Gasteiger partial charge in [0, 0.05) is 9.79 Å². The minimum atomic E-state index is 0.844. The van der Waals surface area contributed by atoms with Crippen molar-refractivity contribution in [3.05, 3.63) is 72.8 Å². The Balaban J connectivity index is 1.73. The molecular weight excluding hydrogens is 278 g/mol. The van der Waals surface area contributed by atoms with Crippen molar-refractivity contribution in [2.24, 2.45) is 0 Å². The maximum atomic E-state index is 6.02. The number of hydrogen-bond acceptors (Lipinski definition) is 3. The molecule has 3 heteroatoms. The molecule has 1 aliphatic heterocycles. The average Bonchev–Trinajstić information content (AvgIpc) is 2.54. The third-order valence-electron chi connectivity index (χ3n) is 3.33. The molecule has 0 aromatic heterocycles. The fraction of sp³-hybridized carbons (Fsp3) is 0. The Labute approximate surface area is 127 Å². The summed E-state index contributed by atoms with van der Waals surface area (Å²) < 4.78 is 6.02. The van der Waals surface area contributed by atoms with Crippen LogP contribution in [0.4, 0.5) is 11.4 Å². The maximum Gasteiger partial charge on any atom is 0.152 e. The first kappa shape index (κ1) is 12.4. The third-order valence-corrected chi connectivity index (χ3v) is 4.46.